The lowest BCUT2D eigenvalue weighted by Gasteiger charge is -2.44. The van der Waals surface area contributed by atoms with Gasteiger partial charge in [-0.15, -0.1) is 0 Å². The van der Waals surface area contributed by atoms with Crippen molar-refractivity contribution in [2.45, 2.75) is 44.6 Å². The van der Waals surface area contributed by atoms with Gasteiger partial charge in [-0.3, -0.25) is 4.79 Å². The van der Waals surface area contributed by atoms with Crippen LogP contribution in [0.3, 0.4) is 0 Å². The summed E-state index contributed by atoms with van der Waals surface area (Å²) in [7, 11) is 0. The highest BCUT2D eigenvalue weighted by atomic mass is 16.2. The van der Waals surface area contributed by atoms with E-state index in [1.807, 2.05) is 18.2 Å². The van der Waals surface area contributed by atoms with E-state index in [-0.39, 0.29) is 5.91 Å². The van der Waals surface area contributed by atoms with Crippen molar-refractivity contribution in [1.29, 1.82) is 0 Å². The molecule has 2 aromatic rings. The first-order valence-corrected chi connectivity index (χ1v) is 8.07. The minimum atomic E-state index is 0.197. The van der Waals surface area contributed by atoms with Gasteiger partial charge < -0.3 is 9.88 Å². The van der Waals surface area contributed by atoms with Gasteiger partial charge in [0.2, 0.25) is 0 Å². The molecule has 110 valence electrons. The first-order chi connectivity index (χ1) is 10.3. The van der Waals surface area contributed by atoms with E-state index < -0.39 is 0 Å². The predicted molar refractivity (Wildman–Crippen MR) is 82.1 cm³/mol. The molecule has 1 aromatic carbocycles. The summed E-state index contributed by atoms with van der Waals surface area (Å²) in [6.45, 7) is 0.918. The number of carbonyl (C=O) groups excluding carboxylic acids is 1. The highest BCUT2D eigenvalue weighted by Crippen LogP contribution is 2.36. The number of rotatable bonds is 1. The topological polar surface area (TPSA) is 49.0 Å². The van der Waals surface area contributed by atoms with E-state index in [1.165, 1.54) is 32.1 Å². The Balaban J connectivity index is 1.63. The number of likely N-dealkylation sites (tertiary alicyclic amines) is 1. The maximum Gasteiger partial charge on any atom is 0.254 e. The van der Waals surface area contributed by atoms with E-state index in [9.17, 15) is 4.79 Å². The number of H-pyrrole nitrogens is 1. The number of nitrogens with zero attached hydrogens (tertiary/aromatic N) is 2. The molecule has 1 saturated carbocycles. The van der Waals surface area contributed by atoms with E-state index in [0.717, 1.165) is 35.5 Å². The number of benzene rings is 1. The van der Waals surface area contributed by atoms with E-state index in [0.29, 0.717) is 6.04 Å². The lowest BCUT2D eigenvalue weighted by Crippen LogP contribution is -2.49. The van der Waals surface area contributed by atoms with Crippen LogP contribution < -0.4 is 0 Å². The third-order valence-electron chi connectivity index (χ3n) is 5.17. The summed E-state index contributed by atoms with van der Waals surface area (Å²) in [6.07, 6.45) is 9.22. The maximum absolute atomic E-state index is 12.9. The Hall–Kier alpha value is -1.84. The number of fused-ring (bicyclic) bond motifs is 2. The summed E-state index contributed by atoms with van der Waals surface area (Å²) in [5, 5.41) is 0. The third-order valence-corrected chi connectivity index (χ3v) is 5.17. The van der Waals surface area contributed by atoms with Gasteiger partial charge in [0.1, 0.15) is 0 Å². The molecule has 1 amide bonds. The number of hydrogen-bond donors (Lipinski definition) is 1. The van der Waals surface area contributed by atoms with Crippen molar-refractivity contribution in [2.24, 2.45) is 5.92 Å². The van der Waals surface area contributed by atoms with Gasteiger partial charge in [-0.25, -0.2) is 4.98 Å². The number of imidazole rings is 1. The molecule has 2 atom stereocenters. The van der Waals surface area contributed by atoms with Gasteiger partial charge >= 0.3 is 0 Å². The molecular formula is C17H21N3O. The molecule has 2 aliphatic rings. The summed E-state index contributed by atoms with van der Waals surface area (Å²) in [4.78, 5) is 22.4. The van der Waals surface area contributed by atoms with E-state index in [4.69, 9.17) is 0 Å². The summed E-state index contributed by atoms with van der Waals surface area (Å²) in [5.74, 6) is 0.926. The first kappa shape index (κ1) is 12.9. The zero-order valence-electron chi connectivity index (χ0n) is 12.2. The molecule has 0 bridgehead atoms. The van der Waals surface area contributed by atoms with Crippen molar-refractivity contribution in [3.63, 3.8) is 0 Å². The number of aromatic amines is 1. The molecule has 1 aromatic heterocycles. The van der Waals surface area contributed by atoms with Crippen LogP contribution in [-0.2, 0) is 0 Å². The predicted octanol–water partition coefficient (Wildman–Crippen LogP) is 3.36. The van der Waals surface area contributed by atoms with Crippen molar-refractivity contribution in [2.75, 3.05) is 6.54 Å². The molecule has 4 rings (SSSR count). The smallest absolute Gasteiger partial charge is 0.254 e. The quantitative estimate of drug-likeness (QED) is 0.872. The fraction of sp³-hybridized carbons (Fsp3) is 0.529. The number of aromatic nitrogens is 2. The van der Waals surface area contributed by atoms with E-state index in [2.05, 4.69) is 14.9 Å². The average molecular weight is 283 g/mol. The molecular weight excluding hydrogens is 262 g/mol. The largest absolute Gasteiger partial charge is 0.345 e. The summed E-state index contributed by atoms with van der Waals surface area (Å²) in [6, 6.07) is 6.26. The van der Waals surface area contributed by atoms with Crippen molar-refractivity contribution >= 4 is 16.9 Å². The second-order valence-electron chi connectivity index (χ2n) is 6.39. The van der Waals surface area contributed by atoms with Gasteiger partial charge in [0.05, 0.1) is 17.4 Å². The second-order valence-corrected chi connectivity index (χ2v) is 6.39. The Bertz CT molecular complexity index is 661. The lowest BCUT2D eigenvalue weighted by atomic mass is 9.78. The third kappa shape index (κ3) is 2.23. The molecule has 0 radical (unpaired) electrons. The number of carbonyl (C=O) groups is 1. The van der Waals surface area contributed by atoms with Crippen LogP contribution >= 0.6 is 0 Å². The highest BCUT2D eigenvalue weighted by Gasteiger charge is 2.35. The fourth-order valence-electron chi connectivity index (χ4n) is 4.11. The second kappa shape index (κ2) is 5.17. The molecule has 1 aliphatic heterocycles. The van der Waals surface area contributed by atoms with Crippen LogP contribution in [-0.4, -0.2) is 33.4 Å². The Kier molecular flexibility index (Phi) is 3.17. The minimum Gasteiger partial charge on any atom is -0.345 e. The van der Waals surface area contributed by atoms with E-state index in [1.54, 1.807) is 6.33 Å². The summed E-state index contributed by atoms with van der Waals surface area (Å²) in [5.41, 5.74) is 2.65. The Morgan fingerprint density at radius 1 is 1.19 bits per heavy atom. The van der Waals surface area contributed by atoms with Gasteiger partial charge in [-0.1, -0.05) is 12.8 Å². The van der Waals surface area contributed by atoms with Crippen molar-refractivity contribution in [3.05, 3.63) is 30.1 Å². The van der Waals surface area contributed by atoms with Crippen molar-refractivity contribution in [1.82, 2.24) is 14.9 Å². The standard InChI is InChI=1S/C17H21N3O/c21-17(13-7-8-14-15(10-13)19-11-18-14)20-9-3-5-12-4-1-2-6-16(12)20/h7-8,10-12,16H,1-6,9H2,(H,18,19)/t12-,16-/m1/s1. The van der Waals surface area contributed by atoms with Crippen LogP contribution in [0.15, 0.2) is 24.5 Å². The Morgan fingerprint density at radius 3 is 3.00 bits per heavy atom. The average Bonchev–Trinajstić information content (AvgIpc) is 3.01. The van der Waals surface area contributed by atoms with Gasteiger partial charge in [-0.05, 0) is 49.8 Å². The molecule has 2 fully saturated rings. The van der Waals surface area contributed by atoms with Crippen molar-refractivity contribution < 1.29 is 4.79 Å². The number of hydrogen-bond acceptors (Lipinski definition) is 2. The van der Waals surface area contributed by atoms with E-state index >= 15 is 0 Å². The molecule has 1 saturated heterocycles. The fourth-order valence-corrected chi connectivity index (χ4v) is 4.11. The number of piperidine rings is 1. The molecule has 21 heavy (non-hydrogen) atoms. The van der Waals surface area contributed by atoms with Crippen LogP contribution in [0.4, 0.5) is 0 Å². The van der Waals surface area contributed by atoms with Gasteiger partial charge in [0.15, 0.2) is 0 Å². The summed E-state index contributed by atoms with van der Waals surface area (Å²) < 4.78 is 0. The monoisotopic (exact) mass is 283 g/mol. The lowest BCUT2D eigenvalue weighted by molar-refractivity contribution is 0.0391. The Labute approximate surface area is 124 Å². The van der Waals surface area contributed by atoms with Crippen LogP contribution in [0.1, 0.15) is 48.9 Å². The molecule has 0 unspecified atom stereocenters. The molecule has 4 nitrogen and oxygen atoms in total. The molecule has 2 heterocycles. The van der Waals surface area contributed by atoms with Crippen LogP contribution in [0.2, 0.25) is 0 Å². The number of nitrogens with one attached hydrogen (secondary N) is 1. The molecule has 1 aliphatic carbocycles. The van der Waals surface area contributed by atoms with Crippen LogP contribution in [0, 0.1) is 5.92 Å². The molecule has 0 spiro atoms. The SMILES string of the molecule is O=C(c1ccc2nc[nH]c2c1)N1CCC[C@H]2CCCC[C@H]21. The normalized spacial score (nSPS) is 25.8. The van der Waals surface area contributed by atoms with Gasteiger partial charge in [0, 0.05) is 18.2 Å². The van der Waals surface area contributed by atoms with Gasteiger partial charge in [-0.2, -0.15) is 0 Å². The molecule has 4 heteroatoms. The zero-order chi connectivity index (χ0) is 14.2. The number of amides is 1. The zero-order valence-corrected chi connectivity index (χ0v) is 12.2. The van der Waals surface area contributed by atoms with Crippen molar-refractivity contribution in [3.8, 4) is 0 Å². The minimum absolute atomic E-state index is 0.197. The van der Waals surface area contributed by atoms with Crippen LogP contribution in [0.25, 0.3) is 11.0 Å². The first-order valence-electron chi connectivity index (χ1n) is 8.07. The van der Waals surface area contributed by atoms with Crippen LogP contribution in [0.5, 0.6) is 0 Å². The molecule has 1 N–H and O–H groups in total. The highest BCUT2D eigenvalue weighted by molar-refractivity contribution is 5.97. The maximum atomic E-state index is 12.9. The van der Waals surface area contributed by atoms with Gasteiger partial charge in [0.25, 0.3) is 5.91 Å². The summed E-state index contributed by atoms with van der Waals surface area (Å²) >= 11 is 0. The Morgan fingerprint density at radius 2 is 2.05 bits per heavy atom.